The number of nitrogens with two attached hydrogens (primary N) is 1. The van der Waals surface area contributed by atoms with Gasteiger partial charge in [0.1, 0.15) is 5.75 Å². The van der Waals surface area contributed by atoms with Gasteiger partial charge < -0.3 is 15.8 Å². The van der Waals surface area contributed by atoms with E-state index < -0.39 is 24.8 Å². The molecule has 1 aromatic carbocycles. The Morgan fingerprint density at radius 1 is 1.40 bits per heavy atom. The van der Waals surface area contributed by atoms with E-state index in [0.29, 0.717) is 12.4 Å². The third-order valence-electron chi connectivity index (χ3n) is 2.31. The lowest BCUT2D eigenvalue weighted by Gasteiger charge is -2.16. The summed E-state index contributed by atoms with van der Waals surface area (Å²) in [6.07, 6.45) is -3.84. The lowest BCUT2D eigenvalue weighted by Crippen LogP contribution is -2.41. The number of hydrogen-bond acceptors (Lipinski definition) is 3. The molecule has 0 saturated heterocycles. The van der Waals surface area contributed by atoms with Gasteiger partial charge in [-0.25, -0.2) is 8.78 Å². The number of nitrogens with one attached hydrogen (secondary N) is 1. The van der Waals surface area contributed by atoms with E-state index in [1.807, 2.05) is 0 Å². The second kappa shape index (κ2) is 6.44. The molecular weight excluding hydrogens is 280 g/mol. The van der Waals surface area contributed by atoms with Gasteiger partial charge in [-0.15, -0.1) is 0 Å². The van der Waals surface area contributed by atoms with Gasteiger partial charge in [0.15, 0.2) is 0 Å². The molecule has 0 bridgehead atoms. The highest BCUT2D eigenvalue weighted by atomic mass is 19.3. The van der Waals surface area contributed by atoms with Crippen molar-refractivity contribution in [3.05, 3.63) is 23.8 Å². The van der Waals surface area contributed by atoms with Crippen LogP contribution in [-0.4, -0.2) is 31.4 Å². The maximum Gasteiger partial charge on any atom is 0.324 e. The van der Waals surface area contributed by atoms with Crippen LogP contribution in [0.3, 0.4) is 0 Å². The summed E-state index contributed by atoms with van der Waals surface area (Å²) in [7, 11) is 0. The largest absolute Gasteiger partial charge is 0.494 e. The Labute approximate surface area is 112 Å². The summed E-state index contributed by atoms with van der Waals surface area (Å²) >= 11 is 0. The van der Waals surface area contributed by atoms with Crippen molar-refractivity contribution in [1.29, 1.82) is 0 Å². The average molecular weight is 294 g/mol. The van der Waals surface area contributed by atoms with Crippen LogP contribution in [0.2, 0.25) is 0 Å². The molecule has 0 radical (unpaired) electrons. The summed E-state index contributed by atoms with van der Waals surface area (Å²) in [6.45, 7) is 0.586. The fraction of sp³-hybridized carbons (Fsp3) is 0.417. The Balaban J connectivity index is 2.77. The number of benzene rings is 1. The van der Waals surface area contributed by atoms with Crippen molar-refractivity contribution >= 4 is 11.6 Å². The molecular formula is C12H14F4N2O2. The third-order valence-corrected chi connectivity index (χ3v) is 2.31. The molecule has 8 heteroatoms. The quantitative estimate of drug-likeness (QED) is 0.625. The number of carbonyl (C=O) groups is 1. The van der Waals surface area contributed by atoms with Crippen molar-refractivity contribution < 1.29 is 27.1 Å². The summed E-state index contributed by atoms with van der Waals surface area (Å²) in [4.78, 5) is 11.6. The molecule has 4 nitrogen and oxygen atoms in total. The van der Waals surface area contributed by atoms with Gasteiger partial charge in [0.05, 0.1) is 13.2 Å². The van der Waals surface area contributed by atoms with Crippen LogP contribution in [0.15, 0.2) is 18.2 Å². The highest BCUT2D eigenvalue weighted by Crippen LogP contribution is 2.22. The standard InChI is InChI=1S/C12H14F4N2O2/c1-2-20-9-4-7(3-8(17)5-9)10(19)18-6-12(15,16)11(13)14/h3-5,11H,2,6,17H2,1H3,(H,18,19). The zero-order valence-corrected chi connectivity index (χ0v) is 10.6. The predicted octanol–water partition coefficient (Wildman–Crippen LogP) is 2.30. The summed E-state index contributed by atoms with van der Waals surface area (Å²) in [5, 5.41) is 1.74. The van der Waals surface area contributed by atoms with Crippen LogP contribution in [-0.2, 0) is 0 Å². The minimum Gasteiger partial charge on any atom is -0.494 e. The Bertz CT molecular complexity index is 481. The topological polar surface area (TPSA) is 64.3 Å². The minimum atomic E-state index is -4.28. The van der Waals surface area contributed by atoms with Crippen molar-refractivity contribution in [3.63, 3.8) is 0 Å². The normalized spacial score (nSPS) is 11.5. The van der Waals surface area contributed by atoms with E-state index in [0.717, 1.165) is 0 Å². The molecule has 1 amide bonds. The van der Waals surface area contributed by atoms with Crippen LogP contribution in [0.4, 0.5) is 23.2 Å². The number of hydrogen-bond donors (Lipinski definition) is 2. The van der Waals surface area contributed by atoms with E-state index in [1.54, 1.807) is 12.2 Å². The molecule has 0 aliphatic rings. The number of amides is 1. The average Bonchev–Trinajstić information content (AvgIpc) is 2.35. The first kappa shape index (κ1) is 16.1. The first-order chi connectivity index (χ1) is 9.26. The van der Waals surface area contributed by atoms with E-state index in [4.69, 9.17) is 10.5 Å². The first-order valence-electron chi connectivity index (χ1n) is 5.73. The van der Waals surface area contributed by atoms with Crippen molar-refractivity contribution in [2.45, 2.75) is 19.3 Å². The number of halogens is 4. The van der Waals surface area contributed by atoms with Crippen LogP contribution in [0.1, 0.15) is 17.3 Å². The van der Waals surface area contributed by atoms with Crippen LogP contribution in [0, 0.1) is 0 Å². The number of rotatable bonds is 6. The zero-order valence-electron chi connectivity index (χ0n) is 10.6. The Kier molecular flexibility index (Phi) is 5.18. The fourth-order valence-electron chi connectivity index (χ4n) is 1.38. The molecule has 0 atom stereocenters. The molecule has 0 heterocycles. The molecule has 20 heavy (non-hydrogen) atoms. The van der Waals surface area contributed by atoms with E-state index >= 15 is 0 Å². The van der Waals surface area contributed by atoms with Gasteiger partial charge in [0, 0.05) is 17.3 Å². The second-order valence-corrected chi connectivity index (χ2v) is 3.97. The van der Waals surface area contributed by atoms with Crippen molar-refractivity contribution in [2.24, 2.45) is 0 Å². The SMILES string of the molecule is CCOc1cc(N)cc(C(=O)NCC(F)(F)C(F)F)c1. The molecule has 1 rings (SSSR count). The predicted molar refractivity (Wildman–Crippen MR) is 65.3 cm³/mol. The van der Waals surface area contributed by atoms with Crippen molar-refractivity contribution in [3.8, 4) is 5.75 Å². The van der Waals surface area contributed by atoms with Gasteiger partial charge in [-0.1, -0.05) is 0 Å². The Morgan fingerprint density at radius 2 is 2.05 bits per heavy atom. The van der Waals surface area contributed by atoms with Crippen LogP contribution < -0.4 is 15.8 Å². The molecule has 0 spiro atoms. The minimum absolute atomic E-state index is 0.0430. The maximum absolute atomic E-state index is 12.7. The fourth-order valence-corrected chi connectivity index (χ4v) is 1.38. The third kappa shape index (κ3) is 4.29. The molecule has 0 saturated carbocycles. The van der Waals surface area contributed by atoms with E-state index in [9.17, 15) is 22.4 Å². The lowest BCUT2D eigenvalue weighted by atomic mass is 10.1. The smallest absolute Gasteiger partial charge is 0.324 e. The summed E-state index contributed by atoms with van der Waals surface area (Å²) in [5.74, 6) is -4.92. The van der Waals surface area contributed by atoms with Crippen molar-refractivity contribution in [1.82, 2.24) is 5.32 Å². The number of ether oxygens (including phenoxy) is 1. The number of nitrogen functional groups attached to an aromatic ring is 1. The van der Waals surface area contributed by atoms with Gasteiger partial charge in [0.2, 0.25) is 0 Å². The molecule has 3 N–H and O–H groups in total. The number of carbonyl (C=O) groups excluding carboxylic acids is 1. The first-order valence-corrected chi connectivity index (χ1v) is 5.73. The van der Waals surface area contributed by atoms with Gasteiger partial charge >= 0.3 is 12.3 Å². The molecule has 0 unspecified atom stereocenters. The molecule has 112 valence electrons. The highest BCUT2D eigenvalue weighted by Gasteiger charge is 2.40. The van der Waals surface area contributed by atoms with E-state index in [2.05, 4.69) is 0 Å². The molecule has 0 fully saturated rings. The number of alkyl halides is 4. The maximum atomic E-state index is 12.7. The molecule has 0 aliphatic heterocycles. The lowest BCUT2D eigenvalue weighted by molar-refractivity contribution is -0.123. The van der Waals surface area contributed by atoms with Gasteiger partial charge in [-0.3, -0.25) is 4.79 Å². The van der Waals surface area contributed by atoms with E-state index in [-0.39, 0.29) is 11.3 Å². The monoisotopic (exact) mass is 294 g/mol. The summed E-state index contributed by atoms with van der Waals surface area (Å²) < 4.78 is 54.4. The van der Waals surface area contributed by atoms with Gasteiger partial charge in [-0.05, 0) is 19.1 Å². The van der Waals surface area contributed by atoms with Gasteiger partial charge in [-0.2, -0.15) is 8.78 Å². The highest BCUT2D eigenvalue weighted by molar-refractivity contribution is 5.95. The molecule has 0 aromatic heterocycles. The van der Waals surface area contributed by atoms with Crippen LogP contribution in [0.25, 0.3) is 0 Å². The van der Waals surface area contributed by atoms with Crippen molar-refractivity contribution in [2.75, 3.05) is 18.9 Å². The molecule has 0 aliphatic carbocycles. The van der Waals surface area contributed by atoms with Crippen LogP contribution in [0.5, 0.6) is 5.75 Å². The molecule has 1 aromatic rings. The Morgan fingerprint density at radius 3 is 2.60 bits per heavy atom. The summed E-state index contributed by atoms with van der Waals surface area (Å²) in [5.41, 5.74) is 5.68. The van der Waals surface area contributed by atoms with Crippen LogP contribution >= 0.6 is 0 Å². The van der Waals surface area contributed by atoms with E-state index in [1.165, 1.54) is 18.2 Å². The number of anilines is 1. The summed E-state index contributed by atoms with van der Waals surface area (Å²) in [6, 6.07) is 3.97. The van der Waals surface area contributed by atoms with Gasteiger partial charge in [0.25, 0.3) is 5.91 Å². The zero-order chi connectivity index (χ0) is 15.3. The Hall–Kier alpha value is -1.99. The second-order valence-electron chi connectivity index (χ2n) is 3.97.